The van der Waals surface area contributed by atoms with Crippen LogP contribution >= 0.6 is 23.4 Å². The van der Waals surface area contributed by atoms with Gasteiger partial charge in [-0.05, 0) is 48.5 Å². The fourth-order valence-corrected chi connectivity index (χ4v) is 6.33. The first-order valence-corrected chi connectivity index (χ1v) is 9.10. The van der Waals surface area contributed by atoms with Gasteiger partial charge in [-0.3, -0.25) is 0 Å². The average Bonchev–Trinajstić information content (AvgIpc) is 2.53. The molecule has 0 saturated carbocycles. The molecule has 3 aromatic carbocycles. The van der Waals surface area contributed by atoms with Crippen molar-refractivity contribution in [3.63, 3.8) is 0 Å². The molecule has 1 heterocycles. The molecule has 0 saturated heterocycles. The van der Waals surface area contributed by atoms with Gasteiger partial charge in [0.05, 0.1) is 9.79 Å². The van der Waals surface area contributed by atoms with Gasteiger partial charge in [-0.25, -0.2) is 0 Å². The molecule has 0 aromatic heterocycles. The standard InChI is InChI=1S/C18H12ClS2/c19-13-9-11-14(12-10-13)21-17-7-3-1-5-15(17)20-16-6-2-4-8-18(16)21/h1-12H/q+1. The number of hydrogen-bond acceptors (Lipinski definition) is 1. The molecule has 1 aliphatic rings. The van der Waals surface area contributed by atoms with E-state index < -0.39 is 0 Å². The third-order valence-corrected chi connectivity index (χ3v) is 7.40. The van der Waals surface area contributed by atoms with Gasteiger partial charge in [0.2, 0.25) is 0 Å². The van der Waals surface area contributed by atoms with Crippen molar-refractivity contribution < 1.29 is 0 Å². The highest BCUT2D eigenvalue weighted by Gasteiger charge is 2.37. The van der Waals surface area contributed by atoms with Crippen LogP contribution in [0, 0.1) is 0 Å². The van der Waals surface area contributed by atoms with Gasteiger partial charge < -0.3 is 0 Å². The Morgan fingerprint density at radius 3 is 1.76 bits per heavy atom. The molecule has 0 N–H and O–H groups in total. The maximum atomic E-state index is 6.05. The Balaban J connectivity index is 1.95. The molecular formula is C18H12ClS2+. The lowest BCUT2D eigenvalue weighted by atomic mass is 10.3. The maximum Gasteiger partial charge on any atom is 0.180 e. The quantitative estimate of drug-likeness (QED) is 0.392. The fourth-order valence-electron chi connectivity index (χ4n) is 2.47. The Hall–Kier alpha value is -1.35. The molecule has 3 heteroatoms. The van der Waals surface area contributed by atoms with Crippen LogP contribution in [0.1, 0.15) is 0 Å². The summed E-state index contributed by atoms with van der Waals surface area (Å²) in [6.07, 6.45) is 0. The van der Waals surface area contributed by atoms with Gasteiger partial charge in [-0.15, -0.1) is 0 Å². The first kappa shape index (κ1) is 13.3. The Morgan fingerprint density at radius 2 is 1.19 bits per heavy atom. The van der Waals surface area contributed by atoms with Gasteiger partial charge in [-0.2, -0.15) is 0 Å². The molecule has 21 heavy (non-hydrogen) atoms. The summed E-state index contributed by atoms with van der Waals surface area (Å²) >= 11 is 7.91. The van der Waals surface area contributed by atoms with E-state index in [2.05, 4.69) is 60.7 Å². The van der Waals surface area contributed by atoms with Crippen LogP contribution in [0.2, 0.25) is 5.02 Å². The Labute approximate surface area is 136 Å². The van der Waals surface area contributed by atoms with E-state index in [0.29, 0.717) is 0 Å². The van der Waals surface area contributed by atoms with Gasteiger partial charge >= 0.3 is 0 Å². The largest absolute Gasteiger partial charge is 0.180 e. The highest BCUT2D eigenvalue weighted by molar-refractivity contribution is 8.04. The third-order valence-electron chi connectivity index (χ3n) is 3.41. The lowest BCUT2D eigenvalue weighted by Gasteiger charge is -2.18. The molecule has 0 spiro atoms. The zero-order valence-corrected chi connectivity index (χ0v) is 13.5. The first-order chi connectivity index (χ1) is 10.3. The van der Waals surface area contributed by atoms with Crippen LogP contribution in [0.25, 0.3) is 0 Å². The fraction of sp³-hybridized carbons (Fsp3) is 0. The molecule has 3 aromatic rings. The summed E-state index contributed by atoms with van der Waals surface area (Å²) in [5, 5.41) is 0.787. The Kier molecular flexibility index (Phi) is 3.46. The predicted molar refractivity (Wildman–Crippen MR) is 90.6 cm³/mol. The van der Waals surface area contributed by atoms with Crippen LogP contribution in [-0.2, 0) is 10.9 Å². The van der Waals surface area contributed by atoms with E-state index in [-0.39, 0.29) is 10.9 Å². The van der Waals surface area contributed by atoms with Crippen molar-refractivity contribution in [3.05, 3.63) is 77.8 Å². The summed E-state index contributed by atoms with van der Waals surface area (Å²) in [6, 6.07) is 25.7. The SMILES string of the molecule is Clc1ccc([S+]2c3ccccc3Sc3ccccc32)cc1. The zero-order chi connectivity index (χ0) is 14.2. The number of fused-ring (bicyclic) bond motifs is 2. The second kappa shape index (κ2) is 5.45. The average molecular weight is 328 g/mol. The highest BCUT2D eigenvalue weighted by atomic mass is 35.5. The van der Waals surface area contributed by atoms with E-state index in [0.717, 1.165) is 5.02 Å². The van der Waals surface area contributed by atoms with E-state index in [4.69, 9.17) is 11.6 Å². The van der Waals surface area contributed by atoms with Gasteiger partial charge in [0.1, 0.15) is 10.9 Å². The van der Waals surface area contributed by atoms with E-state index in [1.54, 1.807) is 0 Å². The minimum Gasteiger partial charge on any atom is -0.0843 e. The molecule has 0 amide bonds. The predicted octanol–water partition coefficient (Wildman–Crippen LogP) is 5.90. The van der Waals surface area contributed by atoms with Crippen molar-refractivity contribution in [2.24, 2.45) is 0 Å². The van der Waals surface area contributed by atoms with Crippen LogP contribution in [0.5, 0.6) is 0 Å². The molecule has 0 bridgehead atoms. The van der Waals surface area contributed by atoms with Crippen LogP contribution in [0.15, 0.2) is 97.3 Å². The first-order valence-electron chi connectivity index (χ1n) is 6.69. The summed E-state index contributed by atoms with van der Waals surface area (Å²) in [7, 11) is -0.0457. The molecule has 0 aliphatic carbocycles. The number of halogens is 1. The molecular weight excluding hydrogens is 316 g/mol. The van der Waals surface area contributed by atoms with E-state index in [1.807, 2.05) is 23.9 Å². The molecule has 1 aliphatic heterocycles. The molecule has 0 fully saturated rings. The van der Waals surface area contributed by atoms with Gasteiger partial charge in [0.15, 0.2) is 14.7 Å². The van der Waals surface area contributed by atoms with Gasteiger partial charge in [-0.1, -0.05) is 47.6 Å². The van der Waals surface area contributed by atoms with Gasteiger partial charge in [0.25, 0.3) is 0 Å². The van der Waals surface area contributed by atoms with E-state index >= 15 is 0 Å². The Bertz CT molecular complexity index is 751. The second-order valence-corrected chi connectivity index (χ2v) is 8.24. The minimum atomic E-state index is -0.0457. The van der Waals surface area contributed by atoms with Crippen molar-refractivity contribution in [1.29, 1.82) is 0 Å². The van der Waals surface area contributed by atoms with Crippen LogP contribution in [0.3, 0.4) is 0 Å². The van der Waals surface area contributed by atoms with Crippen LogP contribution in [0.4, 0.5) is 0 Å². The Morgan fingerprint density at radius 1 is 0.667 bits per heavy atom. The zero-order valence-electron chi connectivity index (χ0n) is 11.1. The van der Waals surface area contributed by atoms with Crippen molar-refractivity contribution in [2.75, 3.05) is 0 Å². The highest BCUT2D eigenvalue weighted by Crippen LogP contribution is 2.47. The third kappa shape index (κ3) is 2.38. The molecule has 0 nitrogen and oxygen atoms in total. The summed E-state index contributed by atoms with van der Waals surface area (Å²) in [6.45, 7) is 0. The summed E-state index contributed by atoms with van der Waals surface area (Å²) in [5.41, 5.74) is 0. The molecule has 0 atom stereocenters. The molecule has 4 rings (SSSR count). The van der Waals surface area contributed by atoms with Crippen LogP contribution < -0.4 is 0 Å². The summed E-state index contributed by atoms with van der Waals surface area (Å²) < 4.78 is 0. The monoisotopic (exact) mass is 327 g/mol. The smallest absolute Gasteiger partial charge is 0.0843 e. The van der Waals surface area contributed by atoms with E-state index in [9.17, 15) is 0 Å². The number of rotatable bonds is 1. The summed E-state index contributed by atoms with van der Waals surface area (Å²) in [5.74, 6) is 0. The molecule has 0 unspecified atom stereocenters. The second-order valence-electron chi connectivity index (χ2n) is 4.76. The minimum absolute atomic E-state index is 0.0457. The van der Waals surface area contributed by atoms with Crippen molar-refractivity contribution in [2.45, 2.75) is 24.5 Å². The number of benzene rings is 3. The van der Waals surface area contributed by atoms with Gasteiger partial charge in [0, 0.05) is 5.02 Å². The van der Waals surface area contributed by atoms with Crippen molar-refractivity contribution in [1.82, 2.24) is 0 Å². The lowest BCUT2D eigenvalue weighted by molar-refractivity contribution is 1.12. The molecule has 0 radical (unpaired) electrons. The molecule has 102 valence electrons. The van der Waals surface area contributed by atoms with Crippen molar-refractivity contribution in [3.8, 4) is 0 Å². The van der Waals surface area contributed by atoms with E-state index in [1.165, 1.54) is 24.5 Å². The van der Waals surface area contributed by atoms with Crippen molar-refractivity contribution >= 4 is 34.3 Å². The number of hydrogen-bond donors (Lipinski definition) is 0. The lowest BCUT2D eigenvalue weighted by Crippen LogP contribution is -2.10. The summed E-state index contributed by atoms with van der Waals surface area (Å²) in [4.78, 5) is 6.84. The topological polar surface area (TPSA) is 0 Å². The maximum absolute atomic E-state index is 6.05. The normalized spacial score (nSPS) is 13.6. The van der Waals surface area contributed by atoms with Crippen LogP contribution in [-0.4, -0.2) is 0 Å².